The summed E-state index contributed by atoms with van der Waals surface area (Å²) in [5, 5.41) is 3.11. The lowest BCUT2D eigenvalue weighted by atomic mass is 9.94. The molecular formula is C28H36FN3O4. The minimum atomic E-state index is -1.05. The van der Waals surface area contributed by atoms with Gasteiger partial charge >= 0.3 is 6.09 Å². The van der Waals surface area contributed by atoms with Crippen LogP contribution in [0.5, 0.6) is 0 Å². The number of anilines is 1. The molecule has 194 valence electrons. The van der Waals surface area contributed by atoms with Gasteiger partial charge in [0.1, 0.15) is 24.0 Å². The van der Waals surface area contributed by atoms with Gasteiger partial charge in [-0.15, -0.1) is 0 Å². The highest BCUT2D eigenvalue weighted by atomic mass is 19.1. The van der Waals surface area contributed by atoms with E-state index in [0.717, 1.165) is 37.0 Å². The first-order valence-corrected chi connectivity index (χ1v) is 12.4. The lowest BCUT2D eigenvalue weighted by Gasteiger charge is -2.34. The molecule has 1 aliphatic carbocycles. The van der Waals surface area contributed by atoms with Crippen molar-refractivity contribution < 1.29 is 23.5 Å². The third kappa shape index (κ3) is 7.54. The number of ether oxygens (including phenoxy) is 1. The van der Waals surface area contributed by atoms with Crippen LogP contribution < -0.4 is 10.2 Å². The van der Waals surface area contributed by atoms with Gasteiger partial charge < -0.3 is 15.0 Å². The van der Waals surface area contributed by atoms with Crippen LogP contribution in [0.25, 0.3) is 0 Å². The standard InChI is InChI=1S/C28H36FN3O4/c1-28(2,3)36-27(35)31(4)19-24(33)32(23-17-11-14-21(29)18-23)25(20-12-7-5-8-13-20)26(34)30-22-15-9-6-10-16-22/h5,7-8,11-14,17-18,22,25H,6,9-10,15-16,19H2,1-4H3,(H,30,34). The number of halogens is 1. The summed E-state index contributed by atoms with van der Waals surface area (Å²) >= 11 is 0. The molecule has 0 heterocycles. The Kier molecular flexibility index (Phi) is 9.07. The smallest absolute Gasteiger partial charge is 0.410 e. The summed E-state index contributed by atoms with van der Waals surface area (Å²) in [5.74, 6) is -1.42. The predicted octanol–water partition coefficient (Wildman–Crippen LogP) is 5.22. The van der Waals surface area contributed by atoms with E-state index in [1.807, 2.05) is 6.07 Å². The van der Waals surface area contributed by atoms with Crippen molar-refractivity contribution in [3.05, 3.63) is 66.0 Å². The summed E-state index contributed by atoms with van der Waals surface area (Å²) in [6, 6.07) is 13.5. The predicted molar refractivity (Wildman–Crippen MR) is 137 cm³/mol. The lowest BCUT2D eigenvalue weighted by Crippen LogP contribution is -2.50. The molecule has 0 spiro atoms. The maximum atomic E-state index is 14.3. The minimum Gasteiger partial charge on any atom is -0.444 e. The summed E-state index contributed by atoms with van der Waals surface area (Å²) in [7, 11) is 1.45. The molecule has 1 unspecified atom stereocenters. The Bertz CT molecular complexity index is 1050. The number of nitrogens with zero attached hydrogens (tertiary/aromatic N) is 2. The molecule has 1 aliphatic rings. The first-order chi connectivity index (χ1) is 17.0. The van der Waals surface area contributed by atoms with E-state index in [-0.39, 0.29) is 24.2 Å². The van der Waals surface area contributed by atoms with Crippen LogP contribution in [0.3, 0.4) is 0 Å². The van der Waals surface area contributed by atoms with Crippen LogP contribution in [0.15, 0.2) is 54.6 Å². The van der Waals surface area contributed by atoms with Crippen LogP contribution in [0.2, 0.25) is 0 Å². The zero-order valence-corrected chi connectivity index (χ0v) is 21.5. The Morgan fingerprint density at radius 2 is 1.69 bits per heavy atom. The second kappa shape index (κ2) is 12.0. The summed E-state index contributed by atoms with van der Waals surface area (Å²) in [5.41, 5.74) is 0.0805. The Morgan fingerprint density at radius 3 is 2.31 bits per heavy atom. The van der Waals surface area contributed by atoms with Gasteiger partial charge in [-0.1, -0.05) is 55.7 Å². The zero-order valence-electron chi connectivity index (χ0n) is 21.5. The number of rotatable bonds is 7. The van der Waals surface area contributed by atoms with Crippen molar-refractivity contribution in [2.24, 2.45) is 0 Å². The van der Waals surface area contributed by atoms with Gasteiger partial charge in [0.05, 0.1) is 0 Å². The Labute approximate surface area is 212 Å². The van der Waals surface area contributed by atoms with Crippen molar-refractivity contribution >= 4 is 23.6 Å². The monoisotopic (exact) mass is 497 g/mol. The Hall–Kier alpha value is -3.42. The number of amides is 3. The molecule has 1 fully saturated rings. The van der Waals surface area contributed by atoms with Crippen LogP contribution in [0.4, 0.5) is 14.9 Å². The van der Waals surface area contributed by atoms with Gasteiger partial charge in [-0.2, -0.15) is 0 Å². The van der Waals surface area contributed by atoms with E-state index in [1.54, 1.807) is 51.1 Å². The molecule has 1 N–H and O–H groups in total. The van der Waals surface area contributed by atoms with E-state index in [0.29, 0.717) is 5.56 Å². The normalized spacial score (nSPS) is 15.0. The fraction of sp³-hybridized carbons (Fsp3) is 0.464. The Morgan fingerprint density at radius 1 is 1.03 bits per heavy atom. The molecule has 0 saturated heterocycles. The molecule has 1 saturated carbocycles. The highest BCUT2D eigenvalue weighted by Crippen LogP contribution is 2.30. The molecule has 8 heteroatoms. The van der Waals surface area contributed by atoms with E-state index < -0.39 is 29.5 Å². The van der Waals surface area contributed by atoms with E-state index in [9.17, 15) is 18.8 Å². The zero-order chi connectivity index (χ0) is 26.3. The van der Waals surface area contributed by atoms with Crippen LogP contribution in [-0.2, 0) is 14.3 Å². The number of likely N-dealkylation sites (N-methyl/N-ethyl adjacent to an activating group) is 1. The number of hydrogen-bond acceptors (Lipinski definition) is 4. The third-order valence-corrected chi connectivity index (χ3v) is 6.01. The first kappa shape index (κ1) is 27.2. The Balaban J connectivity index is 1.97. The topological polar surface area (TPSA) is 79.0 Å². The molecule has 3 amide bonds. The average molecular weight is 498 g/mol. The molecular weight excluding hydrogens is 461 g/mol. The average Bonchev–Trinajstić information content (AvgIpc) is 2.82. The van der Waals surface area contributed by atoms with E-state index in [1.165, 1.54) is 30.1 Å². The van der Waals surface area contributed by atoms with Gasteiger partial charge in [0.25, 0.3) is 0 Å². The van der Waals surface area contributed by atoms with E-state index >= 15 is 0 Å². The van der Waals surface area contributed by atoms with E-state index in [4.69, 9.17) is 4.74 Å². The van der Waals surface area contributed by atoms with Crippen molar-refractivity contribution in [1.29, 1.82) is 0 Å². The van der Waals surface area contributed by atoms with Crippen molar-refractivity contribution in [3.63, 3.8) is 0 Å². The van der Waals surface area contributed by atoms with Crippen LogP contribution in [0.1, 0.15) is 64.5 Å². The maximum Gasteiger partial charge on any atom is 0.410 e. The molecule has 2 aromatic rings. The molecule has 36 heavy (non-hydrogen) atoms. The number of benzene rings is 2. The van der Waals surface area contributed by atoms with Crippen LogP contribution in [-0.4, -0.2) is 48.0 Å². The second-order valence-corrected chi connectivity index (χ2v) is 10.2. The highest BCUT2D eigenvalue weighted by Gasteiger charge is 2.35. The van der Waals surface area contributed by atoms with Gasteiger partial charge in [-0.25, -0.2) is 9.18 Å². The van der Waals surface area contributed by atoms with Gasteiger partial charge in [-0.05, 0) is 57.4 Å². The summed E-state index contributed by atoms with van der Waals surface area (Å²) in [6.45, 7) is 4.85. The quantitative estimate of drug-likeness (QED) is 0.569. The van der Waals surface area contributed by atoms with Crippen molar-refractivity contribution in [2.75, 3.05) is 18.5 Å². The highest BCUT2D eigenvalue weighted by molar-refractivity contribution is 6.03. The molecule has 0 bridgehead atoms. The van der Waals surface area contributed by atoms with Crippen LogP contribution in [0, 0.1) is 5.82 Å². The lowest BCUT2D eigenvalue weighted by molar-refractivity contribution is -0.127. The molecule has 3 rings (SSSR count). The molecule has 7 nitrogen and oxygen atoms in total. The fourth-order valence-electron chi connectivity index (χ4n) is 4.33. The number of hydrogen-bond donors (Lipinski definition) is 1. The number of nitrogens with one attached hydrogen (secondary N) is 1. The number of carbonyl (C=O) groups is 3. The molecule has 0 radical (unpaired) electrons. The summed E-state index contributed by atoms with van der Waals surface area (Å²) < 4.78 is 19.7. The molecule has 0 aliphatic heterocycles. The fourth-order valence-corrected chi connectivity index (χ4v) is 4.33. The molecule has 2 aromatic carbocycles. The van der Waals surface area contributed by atoms with Crippen molar-refractivity contribution in [3.8, 4) is 0 Å². The van der Waals surface area contributed by atoms with Gasteiger partial charge in [0.15, 0.2) is 0 Å². The minimum absolute atomic E-state index is 0.0198. The second-order valence-electron chi connectivity index (χ2n) is 10.2. The van der Waals surface area contributed by atoms with Crippen molar-refractivity contribution in [2.45, 2.75) is 70.6 Å². The SMILES string of the molecule is CN(CC(=O)N(c1cccc(F)c1)C(C(=O)NC1CCCCC1)c1ccccc1)C(=O)OC(C)(C)C. The summed E-state index contributed by atoms with van der Waals surface area (Å²) in [4.78, 5) is 42.4. The van der Waals surface area contributed by atoms with E-state index in [2.05, 4.69) is 5.32 Å². The van der Waals surface area contributed by atoms with Gasteiger partial charge in [-0.3, -0.25) is 14.5 Å². The summed E-state index contributed by atoms with van der Waals surface area (Å²) in [6.07, 6.45) is 4.30. The van der Waals surface area contributed by atoms with Crippen molar-refractivity contribution in [1.82, 2.24) is 10.2 Å². The van der Waals surface area contributed by atoms with Gasteiger partial charge in [0.2, 0.25) is 11.8 Å². The number of carbonyl (C=O) groups excluding carboxylic acids is 3. The largest absolute Gasteiger partial charge is 0.444 e. The molecule has 1 atom stereocenters. The van der Waals surface area contributed by atoms with Crippen LogP contribution >= 0.6 is 0 Å². The van der Waals surface area contributed by atoms with Gasteiger partial charge in [0, 0.05) is 18.8 Å². The first-order valence-electron chi connectivity index (χ1n) is 12.4. The molecule has 0 aromatic heterocycles. The maximum absolute atomic E-state index is 14.3. The third-order valence-electron chi connectivity index (χ3n) is 6.01.